The molecule has 0 atom stereocenters. The zero-order chi connectivity index (χ0) is 25.7. The quantitative estimate of drug-likeness (QED) is 0.283. The van der Waals surface area contributed by atoms with Crippen molar-refractivity contribution in [3.8, 4) is 29.1 Å². The van der Waals surface area contributed by atoms with E-state index in [4.69, 9.17) is 18.9 Å². The van der Waals surface area contributed by atoms with Crippen LogP contribution in [-0.2, 0) is 0 Å². The molecule has 2 aromatic heterocycles. The first-order chi connectivity index (χ1) is 17.5. The summed E-state index contributed by atoms with van der Waals surface area (Å²) in [4.78, 5) is 4.49. The summed E-state index contributed by atoms with van der Waals surface area (Å²) in [7, 11) is 6.19. The van der Waals surface area contributed by atoms with Crippen LogP contribution in [0.25, 0.3) is 23.1 Å². The molecule has 2 heterocycles. The number of nitrogens with zero attached hydrogens (tertiary/aromatic N) is 3. The van der Waals surface area contributed by atoms with E-state index in [0.717, 1.165) is 15.9 Å². The van der Waals surface area contributed by atoms with Gasteiger partial charge in [0, 0.05) is 47.1 Å². The van der Waals surface area contributed by atoms with Gasteiger partial charge < -0.3 is 29.5 Å². The molecule has 4 rings (SSSR count). The van der Waals surface area contributed by atoms with Gasteiger partial charge in [0.05, 0.1) is 45.2 Å². The fourth-order valence-electron chi connectivity index (χ4n) is 3.78. The molecule has 9 heteroatoms. The smallest absolute Gasteiger partial charge is 0.203 e. The molecule has 36 heavy (non-hydrogen) atoms. The minimum Gasteiger partial charge on any atom is -0.619 e. The standard InChI is InChI=1S/C27H24N4O5/c1-33-23-14-21-22(11-18(23)6-5-17-7-9-31(32)10-8-17)29-16-19(15-28)26(21)30-20-12-24(34-2)27(36-4)25(13-20)35-3/h5-14,16H,1-4H3,(H,29,30)/b6-5+. The Morgan fingerprint density at radius 1 is 0.917 bits per heavy atom. The van der Waals surface area contributed by atoms with E-state index in [1.54, 1.807) is 31.4 Å². The second kappa shape index (κ2) is 10.5. The van der Waals surface area contributed by atoms with Gasteiger partial charge in [0.2, 0.25) is 5.75 Å². The first-order valence-electron chi connectivity index (χ1n) is 10.9. The summed E-state index contributed by atoms with van der Waals surface area (Å²) in [6.45, 7) is 0. The molecular weight excluding hydrogens is 460 g/mol. The fraction of sp³-hybridized carbons (Fsp3) is 0.148. The number of fused-ring (bicyclic) bond motifs is 1. The largest absolute Gasteiger partial charge is 0.619 e. The van der Waals surface area contributed by atoms with Gasteiger partial charge in [-0.05, 0) is 17.7 Å². The third kappa shape index (κ3) is 4.79. The Balaban J connectivity index is 1.81. The monoisotopic (exact) mass is 484 g/mol. The average Bonchev–Trinajstić information content (AvgIpc) is 2.91. The topological polar surface area (TPSA) is 113 Å². The molecule has 0 aliphatic heterocycles. The first kappa shape index (κ1) is 24.2. The number of anilines is 2. The maximum atomic E-state index is 11.3. The van der Waals surface area contributed by atoms with Gasteiger partial charge >= 0.3 is 0 Å². The Labute approximate surface area is 208 Å². The second-order valence-corrected chi connectivity index (χ2v) is 7.63. The lowest BCUT2D eigenvalue weighted by Crippen LogP contribution is -2.23. The third-order valence-electron chi connectivity index (χ3n) is 5.56. The molecular formula is C27H24N4O5. The maximum Gasteiger partial charge on any atom is 0.203 e. The van der Waals surface area contributed by atoms with Gasteiger partial charge in [0.1, 0.15) is 11.8 Å². The Kier molecular flexibility index (Phi) is 7.07. The molecule has 0 saturated heterocycles. The molecule has 0 radical (unpaired) electrons. The SMILES string of the molecule is COc1cc2c(Nc3cc(OC)c(OC)c(OC)c3)c(C#N)cnc2cc1/C=C/c1cc[n+]([O-])cc1. The zero-order valence-corrected chi connectivity index (χ0v) is 20.2. The predicted molar refractivity (Wildman–Crippen MR) is 137 cm³/mol. The summed E-state index contributed by atoms with van der Waals surface area (Å²) >= 11 is 0. The number of nitriles is 1. The molecule has 0 aliphatic rings. The molecule has 0 spiro atoms. The number of nitrogens with one attached hydrogen (secondary N) is 1. The van der Waals surface area contributed by atoms with Crippen LogP contribution in [0.5, 0.6) is 23.0 Å². The van der Waals surface area contributed by atoms with Crippen molar-refractivity contribution in [2.24, 2.45) is 0 Å². The fourth-order valence-corrected chi connectivity index (χ4v) is 3.78. The molecule has 0 bridgehead atoms. The molecule has 0 amide bonds. The summed E-state index contributed by atoms with van der Waals surface area (Å²) in [6.07, 6.45) is 8.15. The van der Waals surface area contributed by atoms with Gasteiger partial charge in [-0.25, -0.2) is 0 Å². The molecule has 2 aromatic carbocycles. The number of benzene rings is 2. The Morgan fingerprint density at radius 3 is 2.17 bits per heavy atom. The van der Waals surface area contributed by atoms with Gasteiger partial charge in [0.15, 0.2) is 23.9 Å². The number of aromatic nitrogens is 2. The predicted octanol–water partition coefficient (Wildman–Crippen LogP) is 4.69. The highest BCUT2D eigenvalue weighted by Crippen LogP contribution is 2.42. The van der Waals surface area contributed by atoms with Crippen molar-refractivity contribution in [1.82, 2.24) is 4.98 Å². The van der Waals surface area contributed by atoms with Crippen molar-refractivity contribution < 1.29 is 23.7 Å². The van der Waals surface area contributed by atoms with Gasteiger partial charge in [-0.1, -0.05) is 12.2 Å². The van der Waals surface area contributed by atoms with E-state index in [-0.39, 0.29) is 0 Å². The van der Waals surface area contributed by atoms with Crippen LogP contribution in [0.4, 0.5) is 11.4 Å². The van der Waals surface area contributed by atoms with Crippen LogP contribution < -0.4 is 29.0 Å². The minimum atomic E-state index is 0.358. The highest BCUT2D eigenvalue weighted by atomic mass is 16.5. The van der Waals surface area contributed by atoms with E-state index in [1.165, 1.54) is 39.9 Å². The van der Waals surface area contributed by atoms with Crippen LogP contribution in [0.15, 0.2) is 55.0 Å². The lowest BCUT2D eigenvalue weighted by Gasteiger charge is -2.17. The highest BCUT2D eigenvalue weighted by Gasteiger charge is 2.17. The van der Waals surface area contributed by atoms with E-state index in [0.29, 0.717) is 50.8 Å². The maximum absolute atomic E-state index is 11.3. The number of methoxy groups -OCH3 is 4. The van der Waals surface area contributed by atoms with Gasteiger partial charge in [-0.2, -0.15) is 9.99 Å². The molecule has 0 aliphatic carbocycles. The molecule has 4 aromatic rings. The van der Waals surface area contributed by atoms with Crippen LogP contribution in [0.1, 0.15) is 16.7 Å². The number of pyridine rings is 2. The lowest BCUT2D eigenvalue weighted by atomic mass is 10.0. The first-order valence-corrected chi connectivity index (χ1v) is 10.9. The third-order valence-corrected chi connectivity index (χ3v) is 5.56. The van der Waals surface area contributed by atoms with Crippen molar-refractivity contribution in [2.45, 2.75) is 0 Å². The average molecular weight is 485 g/mol. The Hall–Kier alpha value is -4.97. The highest BCUT2D eigenvalue weighted by molar-refractivity contribution is 5.98. The molecule has 9 nitrogen and oxygen atoms in total. The number of hydrogen-bond donors (Lipinski definition) is 1. The lowest BCUT2D eigenvalue weighted by molar-refractivity contribution is -0.605. The molecule has 0 fully saturated rings. The molecule has 182 valence electrons. The Bertz CT molecular complexity index is 1450. The van der Waals surface area contributed by atoms with Crippen LogP contribution in [0.2, 0.25) is 0 Å². The van der Waals surface area contributed by atoms with E-state index in [9.17, 15) is 10.5 Å². The number of rotatable bonds is 8. The van der Waals surface area contributed by atoms with Gasteiger partial charge in [0.25, 0.3) is 0 Å². The summed E-state index contributed by atoms with van der Waals surface area (Å²) < 4.78 is 22.7. The van der Waals surface area contributed by atoms with Crippen molar-refractivity contribution in [1.29, 1.82) is 5.26 Å². The molecule has 1 N–H and O–H groups in total. The summed E-state index contributed by atoms with van der Waals surface area (Å²) in [6, 6.07) is 12.9. The van der Waals surface area contributed by atoms with Gasteiger partial charge in [-0.3, -0.25) is 4.98 Å². The summed E-state index contributed by atoms with van der Waals surface area (Å²) in [5.41, 5.74) is 3.87. The van der Waals surface area contributed by atoms with Crippen LogP contribution in [-0.4, -0.2) is 33.4 Å². The van der Waals surface area contributed by atoms with Crippen molar-refractivity contribution >= 4 is 34.4 Å². The van der Waals surface area contributed by atoms with Gasteiger partial charge in [-0.15, -0.1) is 0 Å². The molecule has 0 saturated carbocycles. The zero-order valence-electron chi connectivity index (χ0n) is 20.2. The molecule has 0 unspecified atom stereocenters. The van der Waals surface area contributed by atoms with Crippen molar-refractivity contribution in [2.75, 3.05) is 33.8 Å². The van der Waals surface area contributed by atoms with E-state index < -0.39 is 0 Å². The van der Waals surface area contributed by atoms with Crippen LogP contribution >= 0.6 is 0 Å². The van der Waals surface area contributed by atoms with Crippen molar-refractivity contribution in [3.05, 3.63) is 76.9 Å². The number of ether oxygens (including phenoxy) is 4. The van der Waals surface area contributed by atoms with Crippen LogP contribution in [0.3, 0.4) is 0 Å². The van der Waals surface area contributed by atoms with E-state index >= 15 is 0 Å². The Morgan fingerprint density at radius 2 is 1.58 bits per heavy atom. The second-order valence-electron chi connectivity index (χ2n) is 7.63. The van der Waals surface area contributed by atoms with E-state index in [1.807, 2.05) is 24.3 Å². The minimum absolute atomic E-state index is 0.358. The number of hydrogen-bond acceptors (Lipinski definition) is 8. The van der Waals surface area contributed by atoms with Crippen LogP contribution in [0, 0.1) is 16.5 Å². The summed E-state index contributed by atoms with van der Waals surface area (Å²) in [5.74, 6) is 2.01. The van der Waals surface area contributed by atoms with E-state index in [2.05, 4.69) is 16.4 Å². The van der Waals surface area contributed by atoms with Crippen molar-refractivity contribution in [3.63, 3.8) is 0 Å². The summed E-state index contributed by atoms with van der Waals surface area (Å²) in [5, 5.41) is 25.1. The normalized spacial score (nSPS) is 10.8.